The van der Waals surface area contributed by atoms with Crippen molar-refractivity contribution in [3.63, 3.8) is 0 Å². The second-order valence-electron chi connectivity index (χ2n) is 3.19. The van der Waals surface area contributed by atoms with Crippen LogP contribution < -0.4 is 4.72 Å². The Morgan fingerprint density at radius 2 is 2.13 bits per heavy atom. The molecule has 1 N–H and O–H groups in total. The summed E-state index contributed by atoms with van der Waals surface area (Å²) in [6.07, 6.45) is 0. The number of hydrogen-bond acceptors (Lipinski definition) is 4. The molecule has 88 valence electrons. The van der Waals surface area contributed by atoms with Gasteiger partial charge in [-0.15, -0.1) is 0 Å². The summed E-state index contributed by atoms with van der Waals surface area (Å²) in [5.74, 6) is 0. The summed E-state index contributed by atoms with van der Waals surface area (Å²) in [5.41, 5.74) is 0. The fourth-order valence-electron chi connectivity index (χ4n) is 0.970. The molecule has 0 radical (unpaired) electrons. The van der Waals surface area contributed by atoms with Crippen LogP contribution in [0.25, 0.3) is 0 Å². The maximum Gasteiger partial charge on any atom is 0.280 e. The zero-order chi connectivity index (χ0) is 11.9. The van der Waals surface area contributed by atoms with Crippen molar-refractivity contribution >= 4 is 10.2 Å². The molecular formula is C8H17N3O3S. The first-order chi connectivity index (χ1) is 6.95. The average molecular weight is 235 g/mol. The minimum atomic E-state index is -3.58. The highest BCUT2D eigenvalue weighted by atomic mass is 32.2. The summed E-state index contributed by atoms with van der Waals surface area (Å²) in [4.78, 5) is 0. The summed E-state index contributed by atoms with van der Waals surface area (Å²) in [7, 11) is -2.09. The standard InChI is InChI=1S/C8H17N3O3S/c1-8(2)11(6-4-9)15(12,13)10-5-7-14-3/h8,10H,5-7H2,1-3H3. The zero-order valence-electron chi connectivity index (χ0n) is 9.23. The molecule has 0 aliphatic carbocycles. The Morgan fingerprint density at radius 1 is 1.53 bits per heavy atom. The van der Waals surface area contributed by atoms with Gasteiger partial charge < -0.3 is 4.74 Å². The highest BCUT2D eigenvalue weighted by Gasteiger charge is 2.23. The van der Waals surface area contributed by atoms with Crippen LogP contribution in [0.15, 0.2) is 0 Å². The van der Waals surface area contributed by atoms with E-state index in [2.05, 4.69) is 4.72 Å². The summed E-state index contributed by atoms with van der Waals surface area (Å²) in [6, 6.07) is 1.58. The van der Waals surface area contributed by atoms with Crippen molar-refractivity contribution in [2.75, 3.05) is 26.8 Å². The topological polar surface area (TPSA) is 82.4 Å². The Labute approximate surface area is 91.0 Å². The molecule has 0 fully saturated rings. The van der Waals surface area contributed by atoms with Crippen molar-refractivity contribution < 1.29 is 13.2 Å². The predicted molar refractivity (Wildman–Crippen MR) is 56.3 cm³/mol. The maximum absolute atomic E-state index is 11.6. The van der Waals surface area contributed by atoms with Crippen LogP contribution in [0.3, 0.4) is 0 Å². The van der Waals surface area contributed by atoms with Gasteiger partial charge in [0.1, 0.15) is 6.54 Å². The molecule has 0 aromatic rings. The lowest BCUT2D eigenvalue weighted by atomic mass is 10.4. The lowest BCUT2D eigenvalue weighted by Gasteiger charge is -2.23. The molecule has 15 heavy (non-hydrogen) atoms. The first-order valence-electron chi connectivity index (χ1n) is 4.58. The maximum atomic E-state index is 11.6. The average Bonchev–Trinajstić information content (AvgIpc) is 2.13. The molecule has 0 aromatic heterocycles. The van der Waals surface area contributed by atoms with Crippen LogP contribution in [0.2, 0.25) is 0 Å². The molecule has 7 heteroatoms. The largest absolute Gasteiger partial charge is 0.383 e. The number of methoxy groups -OCH3 is 1. The van der Waals surface area contributed by atoms with Crippen LogP contribution in [0, 0.1) is 11.3 Å². The summed E-state index contributed by atoms with van der Waals surface area (Å²) in [5, 5.41) is 8.51. The van der Waals surface area contributed by atoms with Gasteiger partial charge in [0.2, 0.25) is 0 Å². The van der Waals surface area contributed by atoms with E-state index in [1.807, 2.05) is 6.07 Å². The molecule has 0 atom stereocenters. The fraction of sp³-hybridized carbons (Fsp3) is 0.875. The van der Waals surface area contributed by atoms with Gasteiger partial charge in [-0.2, -0.15) is 22.7 Å². The number of nitriles is 1. The quantitative estimate of drug-likeness (QED) is 0.485. The van der Waals surface area contributed by atoms with Gasteiger partial charge in [0.15, 0.2) is 0 Å². The molecular weight excluding hydrogens is 218 g/mol. The number of nitrogens with zero attached hydrogens (tertiary/aromatic N) is 2. The minimum Gasteiger partial charge on any atom is -0.383 e. The molecule has 0 amide bonds. The lowest BCUT2D eigenvalue weighted by molar-refractivity contribution is 0.203. The number of nitrogens with one attached hydrogen (secondary N) is 1. The highest BCUT2D eigenvalue weighted by Crippen LogP contribution is 2.03. The van der Waals surface area contributed by atoms with Gasteiger partial charge >= 0.3 is 0 Å². The van der Waals surface area contributed by atoms with Crippen molar-refractivity contribution in [2.24, 2.45) is 0 Å². The van der Waals surface area contributed by atoms with E-state index in [4.69, 9.17) is 10.00 Å². The van der Waals surface area contributed by atoms with Gasteiger partial charge in [-0.25, -0.2) is 0 Å². The van der Waals surface area contributed by atoms with E-state index in [-0.39, 0.29) is 19.1 Å². The minimum absolute atomic E-state index is 0.153. The molecule has 0 aromatic carbocycles. The lowest BCUT2D eigenvalue weighted by Crippen LogP contribution is -2.45. The van der Waals surface area contributed by atoms with Gasteiger partial charge in [-0.3, -0.25) is 0 Å². The number of ether oxygens (including phenoxy) is 1. The SMILES string of the molecule is COCCNS(=O)(=O)N(CC#N)C(C)C. The van der Waals surface area contributed by atoms with Gasteiger partial charge in [0.25, 0.3) is 10.2 Å². The van der Waals surface area contributed by atoms with Crippen molar-refractivity contribution in [1.29, 1.82) is 5.26 Å². The summed E-state index contributed by atoms with van der Waals surface area (Å²) >= 11 is 0. The third-order valence-corrected chi connectivity index (χ3v) is 3.44. The van der Waals surface area contributed by atoms with Crippen molar-refractivity contribution in [1.82, 2.24) is 9.03 Å². The van der Waals surface area contributed by atoms with E-state index >= 15 is 0 Å². The Kier molecular flexibility index (Phi) is 6.43. The molecule has 6 nitrogen and oxygen atoms in total. The molecule has 0 unspecified atom stereocenters. The Morgan fingerprint density at radius 3 is 2.53 bits per heavy atom. The van der Waals surface area contributed by atoms with Crippen LogP contribution in [0.4, 0.5) is 0 Å². The van der Waals surface area contributed by atoms with E-state index < -0.39 is 10.2 Å². The Bertz CT molecular complexity index is 308. The second-order valence-corrected chi connectivity index (χ2v) is 4.90. The summed E-state index contributed by atoms with van der Waals surface area (Å²) < 4.78 is 31.5. The molecule has 0 bridgehead atoms. The first-order valence-corrected chi connectivity index (χ1v) is 6.02. The van der Waals surface area contributed by atoms with Gasteiger partial charge in [-0.05, 0) is 13.8 Å². The molecule has 0 spiro atoms. The van der Waals surface area contributed by atoms with Crippen LogP contribution in [-0.4, -0.2) is 45.6 Å². The smallest absolute Gasteiger partial charge is 0.280 e. The highest BCUT2D eigenvalue weighted by molar-refractivity contribution is 7.87. The van der Waals surface area contributed by atoms with Gasteiger partial charge in [0.05, 0.1) is 12.7 Å². The Hall–Kier alpha value is -0.680. The molecule has 0 rings (SSSR count). The number of rotatable bonds is 7. The van der Waals surface area contributed by atoms with Crippen LogP contribution >= 0.6 is 0 Å². The molecule has 0 aliphatic rings. The van der Waals surface area contributed by atoms with E-state index in [1.165, 1.54) is 7.11 Å². The van der Waals surface area contributed by atoms with Gasteiger partial charge in [0, 0.05) is 19.7 Å². The monoisotopic (exact) mass is 235 g/mol. The number of hydrogen-bond donors (Lipinski definition) is 1. The fourth-order valence-corrected chi connectivity index (χ4v) is 2.26. The van der Waals surface area contributed by atoms with Gasteiger partial charge in [-0.1, -0.05) is 0 Å². The third-order valence-electron chi connectivity index (χ3n) is 1.70. The third kappa shape index (κ3) is 5.09. The van der Waals surface area contributed by atoms with E-state index in [0.29, 0.717) is 6.61 Å². The Balaban J connectivity index is 4.45. The second kappa shape index (κ2) is 6.74. The van der Waals surface area contributed by atoms with E-state index in [1.54, 1.807) is 13.8 Å². The van der Waals surface area contributed by atoms with Crippen LogP contribution in [-0.2, 0) is 14.9 Å². The molecule has 0 saturated carbocycles. The molecule has 0 aliphatic heterocycles. The van der Waals surface area contributed by atoms with E-state index in [9.17, 15) is 8.42 Å². The normalized spacial score (nSPS) is 12.0. The van der Waals surface area contributed by atoms with Crippen molar-refractivity contribution in [3.05, 3.63) is 0 Å². The van der Waals surface area contributed by atoms with Crippen LogP contribution in [0.5, 0.6) is 0 Å². The molecule has 0 heterocycles. The zero-order valence-corrected chi connectivity index (χ0v) is 10.0. The van der Waals surface area contributed by atoms with Crippen molar-refractivity contribution in [2.45, 2.75) is 19.9 Å². The predicted octanol–water partition coefficient (Wildman–Crippen LogP) is -0.299. The van der Waals surface area contributed by atoms with Crippen molar-refractivity contribution in [3.8, 4) is 6.07 Å². The summed E-state index contributed by atoms with van der Waals surface area (Å²) in [6.45, 7) is 3.78. The molecule has 0 saturated heterocycles. The first kappa shape index (κ1) is 14.3. The van der Waals surface area contributed by atoms with E-state index in [0.717, 1.165) is 4.31 Å². The van der Waals surface area contributed by atoms with Crippen LogP contribution in [0.1, 0.15) is 13.8 Å².